The molecule has 1 N–H and O–H groups in total. The van der Waals surface area contributed by atoms with E-state index in [4.69, 9.17) is 9.47 Å². The molecule has 0 fully saturated rings. The van der Waals surface area contributed by atoms with Gasteiger partial charge in [0, 0.05) is 12.2 Å². The molecule has 0 saturated carbocycles. The van der Waals surface area contributed by atoms with Gasteiger partial charge in [-0.15, -0.1) is 0 Å². The van der Waals surface area contributed by atoms with Gasteiger partial charge in [0.15, 0.2) is 0 Å². The van der Waals surface area contributed by atoms with E-state index in [9.17, 15) is 5.11 Å². The number of para-hydroxylation sites is 1. The van der Waals surface area contributed by atoms with E-state index in [1.807, 2.05) is 38.1 Å². The fourth-order valence-corrected chi connectivity index (χ4v) is 1.91. The minimum Gasteiger partial charge on any atom is -0.493 e. The number of hydrogen-bond donors (Lipinski definition) is 1. The zero-order chi connectivity index (χ0) is 13.4. The second-order valence-electron chi connectivity index (χ2n) is 4.23. The standard InChI is InChI=1S/C15H24O3/c1-4-11-18-14-10-8-7-9-12(14)15(16)13(5-2)17-6-3/h7-10,13,15-16H,4-6,11H2,1-3H3. The van der Waals surface area contributed by atoms with Gasteiger partial charge in [-0.2, -0.15) is 0 Å². The van der Waals surface area contributed by atoms with Gasteiger partial charge in [-0.1, -0.05) is 32.0 Å². The summed E-state index contributed by atoms with van der Waals surface area (Å²) in [7, 11) is 0. The van der Waals surface area contributed by atoms with Crippen molar-refractivity contribution in [2.75, 3.05) is 13.2 Å². The van der Waals surface area contributed by atoms with Crippen LogP contribution in [0, 0.1) is 0 Å². The highest BCUT2D eigenvalue weighted by atomic mass is 16.5. The fourth-order valence-electron chi connectivity index (χ4n) is 1.91. The molecule has 0 spiro atoms. The van der Waals surface area contributed by atoms with Crippen molar-refractivity contribution in [3.8, 4) is 5.75 Å². The van der Waals surface area contributed by atoms with E-state index >= 15 is 0 Å². The molecule has 0 amide bonds. The van der Waals surface area contributed by atoms with Gasteiger partial charge < -0.3 is 14.6 Å². The van der Waals surface area contributed by atoms with Crippen molar-refractivity contribution in [2.45, 2.75) is 45.8 Å². The average Bonchev–Trinajstić information content (AvgIpc) is 2.42. The summed E-state index contributed by atoms with van der Waals surface area (Å²) in [6.07, 6.45) is 0.911. The Morgan fingerprint density at radius 3 is 2.50 bits per heavy atom. The molecule has 0 saturated heterocycles. The quantitative estimate of drug-likeness (QED) is 0.771. The molecule has 0 heterocycles. The second-order valence-corrected chi connectivity index (χ2v) is 4.23. The van der Waals surface area contributed by atoms with E-state index in [-0.39, 0.29) is 6.10 Å². The van der Waals surface area contributed by atoms with Crippen LogP contribution in [0.3, 0.4) is 0 Å². The minimum atomic E-state index is -0.636. The first-order valence-corrected chi connectivity index (χ1v) is 6.75. The van der Waals surface area contributed by atoms with Crippen molar-refractivity contribution in [2.24, 2.45) is 0 Å². The monoisotopic (exact) mass is 252 g/mol. The number of benzene rings is 1. The molecule has 1 aromatic rings. The van der Waals surface area contributed by atoms with E-state index in [1.54, 1.807) is 0 Å². The molecule has 3 nitrogen and oxygen atoms in total. The molecule has 3 heteroatoms. The van der Waals surface area contributed by atoms with Gasteiger partial charge in [0.2, 0.25) is 0 Å². The fraction of sp³-hybridized carbons (Fsp3) is 0.600. The van der Waals surface area contributed by atoms with E-state index in [0.717, 1.165) is 24.2 Å². The van der Waals surface area contributed by atoms with Crippen LogP contribution >= 0.6 is 0 Å². The van der Waals surface area contributed by atoms with Crippen molar-refractivity contribution in [3.05, 3.63) is 29.8 Å². The molecule has 2 unspecified atom stereocenters. The van der Waals surface area contributed by atoms with E-state index in [1.165, 1.54) is 0 Å². The van der Waals surface area contributed by atoms with E-state index in [2.05, 4.69) is 6.92 Å². The number of hydrogen-bond acceptors (Lipinski definition) is 3. The molecule has 18 heavy (non-hydrogen) atoms. The molecule has 1 rings (SSSR count). The Hall–Kier alpha value is -1.06. The molecule has 1 aromatic carbocycles. The summed E-state index contributed by atoms with van der Waals surface area (Å²) in [6, 6.07) is 7.63. The van der Waals surface area contributed by atoms with E-state index in [0.29, 0.717) is 13.2 Å². The first-order chi connectivity index (χ1) is 8.74. The maximum absolute atomic E-state index is 10.4. The predicted octanol–water partition coefficient (Wildman–Crippen LogP) is 3.32. The summed E-state index contributed by atoms with van der Waals surface area (Å²) in [5, 5.41) is 10.4. The number of ether oxygens (including phenoxy) is 2. The third kappa shape index (κ3) is 4.00. The first-order valence-electron chi connectivity index (χ1n) is 6.75. The van der Waals surface area contributed by atoms with E-state index < -0.39 is 6.10 Å². The molecule has 0 radical (unpaired) electrons. The third-order valence-electron chi connectivity index (χ3n) is 2.83. The summed E-state index contributed by atoms with van der Waals surface area (Å²) in [5.41, 5.74) is 0.811. The molecule has 0 aromatic heterocycles. The highest BCUT2D eigenvalue weighted by Crippen LogP contribution is 2.29. The second kappa shape index (κ2) is 8.11. The molecule has 0 aliphatic carbocycles. The Kier molecular flexibility index (Phi) is 6.76. The topological polar surface area (TPSA) is 38.7 Å². The smallest absolute Gasteiger partial charge is 0.125 e. The number of rotatable bonds is 8. The SMILES string of the molecule is CCCOc1ccccc1C(O)C(CC)OCC. The van der Waals surface area contributed by atoms with Gasteiger partial charge in [0.25, 0.3) is 0 Å². The summed E-state index contributed by atoms with van der Waals surface area (Å²) in [5.74, 6) is 0.755. The third-order valence-corrected chi connectivity index (χ3v) is 2.83. The van der Waals surface area contributed by atoms with Gasteiger partial charge in [0.1, 0.15) is 11.9 Å². The highest BCUT2D eigenvalue weighted by molar-refractivity contribution is 5.35. The Bertz CT molecular complexity index is 338. The van der Waals surface area contributed by atoms with Crippen LogP contribution in [0.5, 0.6) is 5.75 Å². The van der Waals surface area contributed by atoms with Gasteiger partial charge in [-0.05, 0) is 25.8 Å². The first kappa shape index (κ1) is 15.0. The van der Waals surface area contributed by atoms with Crippen molar-refractivity contribution in [1.82, 2.24) is 0 Å². The van der Waals surface area contributed by atoms with Crippen LogP contribution in [0.4, 0.5) is 0 Å². The number of aliphatic hydroxyl groups excluding tert-OH is 1. The summed E-state index contributed by atoms with van der Waals surface area (Å²) < 4.78 is 11.2. The maximum Gasteiger partial charge on any atom is 0.125 e. The van der Waals surface area contributed by atoms with Crippen molar-refractivity contribution in [3.63, 3.8) is 0 Å². The predicted molar refractivity (Wildman–Crippen MR) is 72.9 cm³/mol. The van der Waals surface area contributed by atoms with Crippen molar-refractivity contribution < 1.29 is 14.6 Å². The minimum absolute atomic E-state index is 0.179. The Morgan fingerprint density at radius 1 is 1.17 bits per heavy atom. The highest BCUT2D eigenvalue weighted by Gasteiger charge is 2.22. The lowest BCUT2D eigenvalue weighted by Gasteiger charge is -2.23. The largest absolute Gasteiger partial charge is 0.493 e. The summed E-state index contributed by atoms with van der Waals surface area (Å²) in [6.45, 7) is 7.28. The van der Waals surface area contributed by atoms with Crippen molar-refractivity contribution >= 4 is 0 Å². The summed E-state index contributed by atoms with van der Waals surface area (Å²) in [4.78, 5) is 0. The van der Waals surface area contributed by atoms with Gasteiger partial charge in [0.05, 0.1) is 12.7 Å². The molecular weight excluding hydrogens is 228 g/mol. The lowest BCUT2D eigenvalue weighted by molar-refractivity contribution is -0.0365. The zero-order valence-electron chi connectivity index (χ0n) is 11.6. The molecule has 0 bridgehead atoms. The van der Waals surface area contributed by atoms with Crippen LogP contribution < -0.4 is 4.74 Å². The normalized spacial score (nSPS) is 14.2. The average molecular weight is 252 g/mol. The lowest BCUT2D eigenvalue weighted by atomic mass is 10.0. The molecular formula is C15H24O3. The summed E-state index contributed by atoms with van der Waals surface area (Å²) >= 11 is 0. The molecule has 0 aliphatic heterocycles. The zero-order valence-corrected chi connectivity index (χ0v) is 11.6. The molecule has 0 aliphatic rings. The lowest BCUT2D eigenvalue weighted by Crippen LogP contribution is -2.22. The van der Waals surface area contributed by atoms with Crippen LogP contribution in [0.2, 0.25) is 0 Å². The van der Waals surface area contributed by atoms with Crippen LogP contribution in [0.25, 0.3) is 0 Å². The van der Waals surface area contributed by atoms with Gasteiger partial charge in [-0.25, -0.2) is 0 Å². The maximum atomic E-state index is 10.4. The van der Waals surface area contributed by atoms with Crippen LogP contribution in [-0.4, -0.2) is 24.4 Å². The van der Waals surface area contributed by atoms with Crippen LogP contribution in [-0.2, 0) is 4.74 Å². The van der Waals surface area contributed by atoms with Crippen LogP contribution in [0.1, 0.15) is 45.3 Å². The molecule has 102 valence electrons. The van der Waals surface area contributed by atoms with Crippen molar-refractivity contribution in [1.29, 1.82) is 0 Å². The Balaban J connectivity index is 2.85. The van der Waals surface area contributed by atoms with Crippen LogP contribution in [0.15, 0.2) is 24.3 Å². The Labute approximate surface area is 110 Å². The van der Waals surface area contributed by atoms with Gasteiger partial charge >= 0.3 is 0 Å². The molecule has 2 atom stereocenters. The number of aliphatic hydroxyl groups is 1. The Morgan fingerprint density at radius 2 is 1.89 bits per heavy atom. The van der Waals surface area contributed by atoms with Gasteiger partial charge in [-0.3, -0.25) is 0 Å².